The molecule has 17 heavy (non-hydrogen) atoms. The second-order valence-corrected chi connectivity index (χ2v) is 6.14. The van der Waals surface area contributed by atoms with Crippen molar-refractivity contribution in [2.24, 2.45) is 0 Å². The van der Waals surface area contributed by atoms with E-state index in [9.17, 15) is 13.2 Å². The van der Waals surface area contributed by atoms with E-state index in [1.807, 2.05) is 13.0 Å². The van der Waals surface area contributed by atoms with Gasteiger partial charge in [0.15, 0.2) is 0 Å². The summed E-state index contributed by atoms with van der Waals surface area (Å²) in [6, 6.07) is 7.23. The fourth-order valence-electron chi connectivity index (χ4n) is 1.50. The number of sulfonamides is 1. The van der Waals surface area contributed by atoms with Crippen LogP contribution in [0.5, 0.6) is 0 Å². The van der Waals surface area contributed by atoms with Crippen molar-refractivity contribution in [3.8, 4) is 0 Å². The molecule has 4 nitrogen and oxygen atoms in total. The lowest BCUT2D eigenvalue weighted by molar-refractivity contribution is -0.108. The highest BCUT2D eigenvalue weighted by atomic mass is 32.2. The van der Waals surface area contributed by atoms with Crippen molar-refractivity contribution in [1.82, 2.24) is 0 Å². The van der Waals surface area contributed by atoms with Gasteiger partial charge in [-0.3, -0.25) is 4.31 Å². The van der Waals surface area contributed by atoms with E-state index in [2.05, 4.69) is 0 Å². The van der Waals surface area contributed by atoms with Crippen LogP contribution in [0.3, 0.4) is 0 Å². The van der Waals surface area contributed by atoms with Crippen LogP contribution in [0.25, 0.3) is 0 Å². The fraction of sp³-hybridized carbons (Fsp3) is 0.417. The molecule has 0 saturated carbocycles. The van der Waals surface area contributed by atoms with Crippen molar-refractivity contribution in [3.05, 3.63) is 29.8 Å². The van der Waals surface area contributed by atoms with Crippen LogP contribution < -0.4 is 4.31 Å². The van der Waals surface area contributed by atoms with Crippen LogP contribution in [-0.2, 0) is 14.8 Å². The van der Waals surface area contributed by atoms with Gasteiger partial charge in [0.05, 0.1) is 11.9 Å². The molecule has 0 aliphatic heterocycles. The molecule has 1 rings (SSSR count). The topological polar surface area (TPSA) is 54.5 Å². The summed E-state index contributed by atoms with van der Waals surface area (Å²) in [4.78, 5) is 10.5. The average molecular weight is 255 g/mol. The van der Waals surface area contributed by atoms with Gasteiger partial charge in [0.2, 0.25) is 10.0 Å². The zero-order valence-corrected chi connectivity index (χ0v) is 11.1. The largest absolute Gasteiger partial charge is 0.303 e. The maximum Gasteiger partial charge on any atom is 0.231 e. The van der Waals surface area contributed by atoms with Crippen LogP contribution in [0.15, 0.2) is 24.3 Å². The van der Waals surface area contributed by atoms with Crippen molar-refractivity contribution in [3.63, 3.8) is 0 Å². The van der Waals surface area contributed by atoms with E-state index in [1.165, 1.54) is 11.4 Å². The van der Waals surface area contributed by atoms with Crippen LogP contribution in [0, 0.1) is 0 Å². The lowest BCUT2D eigenvalue weighted by Crippen LogP contribution is -2.24. The number of nitrogens with zero attached hydrogens (tertiary/aromatic N) is 1. The predicted molar refractivity (Wildman–Crippen MR) is 68.8 cm³/mol. The first kappa shape index (κ1) is 13.7. The van der Waals surface area contributed by atoms with E-state index in [0.29, 0.717) is 12.1 Å². The molecule has 1 atom stereocenters. The highest BCUT2D eigenvalue weighted by Crippen LogP contribution is 2.23. The minimum Gasteiger partial charge on any atom is -0.303 e. The molecule has 1 unspecified atom stereocenters. The van der Waals surface area contributed by atoms with E-state index in [1.54, 1.807) is 18.2 Å². The number of rotatable bonds is 5. The van der Waals surface area contributed by atoms with Gasteiger partial charge in [-0.1, -0.05) is 19.1 Å². The first-order chi connectivity index (χ1) is 7.86. The quantitative estimate of drug-likeness (QED) is 0.753. The number of aldehydes is 1. The molecule has 5 heteroatoms. The summed E-state index contributed by atoms with van der Waals surface area (Å²) in [5.41, 5.74) is 1.58. The SMILES string of the molecule is CC(CC=O)c1cccc(N(C)S(C)(=O)=O)c1. The summed E-state index contributed by atoms with van der Waals surface area (Å²) < 4.78 is 24.0. The molecule has 1 aromatic carbocycles. The highest BCUT2D eigenvalue weighted by molar-refractivity contribution is 7.92. The monoisotopic (exact) mass is 255 g/mol. The Kier molecular flexibility index (Phi) is 4.28. The number of hydrogen-bond donors (Lipinski definition) is 0. The molecule has 0 N–H and O–H groups in total. The Morgan fingerprint density at radius 3 is 2.59 bits per heavy atom. The van der Waals surface area contributed by atoms with E-state index in [4.69, 9.17) is 0 Å². The third-order valence-corrected chi connectivity index (χ3v) is 3.96. The van der Waals surface area contributed by atoms with Gasteiger partial charge in [0.1, 0.15) is 6.29 Å². The molecule has 0 bridgehead atoms. The number of benzene rings is 1. The molecular weight excluding hydrogens is 238 g/mol. The van der Waals surface area contributed by atoms with Crippen molar-refractivity contribution >= 4 is 22.0 Å². The molecule has 94 valence electrons. The van der Waals surface area contributed by atoms with Crippen molar-refractivity contribution in [2.45, 2.75) is 19.3 Å². The van der Waals surface area contributed by atoms with Gasteiger partial charge >= 0.3 is 0 Å². The summed E-state index contributed by atoms with van der Waals surface area (Å²) in [5.74, 6) is 0.0976. The first-order valence-corrected chi connectivity index (χ1v) is 7.18. The van der Waals surface area contributed by atoms with Crippen molar-refractivity contribution < 1.29 is 13.2 Å². The fourth-order valence-corrected chi connectivity index (χ4v) is 2.00. The summed E-state index contributed by atoms with van der Waals surface area (Å²) >= 11 is 0. The number of anilines is 1. The molecule has 0 radical (unpaired) electrons. The molecule has 0 aliphatic rings. The van der Waals surface area contributed by atoms with E-state index >= 15 is 0 Å². The van der Waals surface area contributed by atoms with Crippen molar-refractivity contribution in [1.29, 1.82) is 0 Å². The van der Waals surface area contributed by atoms with Gasteiger partial charge in [-0.2, -0.15) is 0 Å². The molecule has 0 saturated heterocycles. The number of carbonyl (C=O) groups excluding carboxylic acids is 1. The molecular formula is C12H17NO3S. The van der Waals surface area contributed by atoms with Gasteiger partial charge < -0.3 is 4.79 Å². The summed E-state index contributed by atoms with van der Waals surface area (Å²) in [6.07, 6.45) is 2.47. The van der Waals surface area contributed by atoms with Crippen LogP contribution in [0.1, 0.15) is 24.8 Å². The predicted octanol–water partition coefficient (Wildman–Crippen LogP) is 1.77. The molecule has 0 spiro atoms. The molecule has 0 aliphatic carbocycles. The molecule has 0 heterocycles. The molecule has 0 amide bonds. The van der Waals surface area contributed by atoms with Gasteiger partial charge in [0.25, 0.3) is 0 Å². The van der Waals surface area contributed by atoms with Crippen LogP contribution in [0.4, 0.5) is 5.69 Å². The average Bonchev–Trinajstić information content (AvgIpc) is 2.27. The Bertz CT molecular complexity index is 496. The van der Waals surface area contributed by atoms with Gasteiger partial charge in [-0.15, -0.1) is 0 Å². The second kappa shape index (κ2) is 5.31. The molecule has 0 aromatic heterocycles. The Labute approximate surface area is 102 Å². The third-order valence-electron chi connectivity index (χ3n) is 2.75. The van der Waals surface area contributed by atoms with Gasteiger partial charge in [-0.05, 0) is 23.6 Å². The minimum absolute atomic E-state index is 0.0976. The summed E-state index contributed by atoms with van der Waals surface area (Å²) in [6.45, 7) is 1.94. The first-order valence-electron chi connectivity index (χ1n) is 5.33. The van der Waals surface area contributed by atoms with Gasteiger partial charge in [0, 0.05) is 13.5 Å². The molecule has 1 aromatic rings. The van der Waals surface area contributed by atoms with E-state index < -0.39 is 10.0 Å². The van der Waals surface area contributed by atoms with Gasteiger partial charge in [-0.25, -0.2) is 8.42 Å². The van der Waals surface area contributed by atoms with Crippen LogP contribution in [-0.4, -0.2) is 28.0 Å². The smallest absolute Gasteiger partial charge is 0.231 e. The van der Waals surface area contributed by atoms with E-state index in [0.717, 1.165) is 18.1 Å². The maximum atomic E-state index is 11.4. The standard InChI is InChI=1S/C12H17NO3S/c1-10(7-8-14)11-5-4-6-12(9-11)13(2)17(3,15)16/h4-6,8-10H,7H2,1-3H3. The number of carbonyl (C=O) groups is 1. The Hall–Kier alpha value is -1.36. The van der Waals surface area contributed by atoms with Crippen LogP contribution >= 0.6 is 0 Å². The molecule has 0 fully saturated rings. The Morgan fingerprint density at radius 1 is 1.41 bits per heavy atom. The zero-order chi connectivity index (χ0) is 13.1. The Balaban J connectivity index is 3.05. The summed E-state index contributed by atoms with van der Waals surface area (Å²) in [7, 11) is -1.73. The second-order valence-electron chi connectivity index (χ2n) is 4.13. The van der Waals surface area contributed by atoms with E-state index in [-0.39, 0.29) is 5.92 Å². The minimum atomic E-state index is -3.25. The highest BCUT2D eigenvalue weighted by Gasteiger charge is 2.13. The lowest BCUT2D eigenvalue weighted by Gasteiger charge is -2.18. The zero-order valence-electron chi connectivity index (χ0n) is 10.3. The summed E-state index contributed by atoms with van der Waals surface area (Å²) in [5, 5.41) is 0. The number of hydrogen-bond acceptors (Lipinski definition) is 3. The third kappa shape index (κ3) is 3.56. The lowest BCUT2D eigenvalue weighted by atomic mass is 9.98. The maximum absolute atomic E-state index is 11.4. The van der Waals surface area contributed by atoms with Crippen molar-refractivity contribution in [2.75, 3.05) is 17.6 Å². The Morgan fingerprint density at radius 2 is 2.06 bits per heavy atom. The van der Waals surface area contributed by atoms with Crippen LogP contribution in [0.2, 0.25) is 0 Å². The normalized spacial score (nSPS) is 13.1.